The minimum Gasteiger partial charge on any atom is -0.388 e. The molecule has 1 fully saturated rings. The van der Waals surface area contributed by atoms with Crippen molar-refractivity contribution < 1.29 is 19.7 Å². The van der Waals surface area contributed by atoms with Crippen LogP contribution in [0.1, 0.15) is 18.9 Å². The molecule has 4 heteroatoms. The van der Waals surface area contributed by atoms with Gasteiger partial charge >= 0.3 is 0 Å². The van der Waals surface area contributed by atoms with E-state index < -0.39 is 18.5 Å². The largest absolute Gasteiger partial charge is 0.388 e. The molecule has 1 heterocycles. The Morgan fingerprint density at radius 2 is 2.00 bits per heavy atom. The molecule has 2 rings (SSSR count). The molecule has 4 atom stereocenters. The van der Waals surface area contributed by atoms with Crippen LogP contribution in [-0.2, 0) is 16.1 Å². The molecule has 0 spiro atoms. The van der Waals surface area contributed by atoms with Gasteiger partial charge in [-0.3, -0.25) is 0 Å². The van der Waals surface area contributed by atoms with E-state index in [2.05, 4.69) is 0 Å². The van der Waals surface area contributed by atoms with Crippen molar-refractivity contribution in [2.24, 2.45) is 0 Å². The summed E-state index contributed by atoms with van der Waals surface area (Å²) in [6.45, 7) is 2.16. The van der Waals surface area contributed by atoms with E-state index in [0.29, 0.717) is 13.0 Å². The molecule has 0 aromatic heterocycles. The lowest BCUT2D eigenvalue weighted by molar-refractivity contribution is -0.238. The number of rotatable bonds is 3. The van der Waals surface area contributed by atoms with Crippen molar-refractivity contribution in [1.29, 1.82) is 0 Å². The standard InChI is InChI=1S/C13H18O4/c1-9-13(15)11(7-12(14)17-9)16-8-10-5-3-2-4-6-10/h2-6,9,11-15H,7-8H2,1H3/t9-,11-,12+,13+/m1/s1. The number of benzene rings is 1. The van der Waals surface area contributed by atoms with Gasteiger partial charge in [-0.1, -0.05) is 30.3 Å². The maximum absolute atomic E-state index is 9.87. The third kappa shape index (κ3) is 3.26. The van der Waals surface area contributed by atoms with E-state index in [0.717, 1.165) is 5.56 Å². The normalized spacial score (nSPS) is 33.6. The van der Waals surface area contributed by atoms with Crippen molar-refractivity contribution in [3.8, 4) is 0 Å². The van der Waals surface area contributed by atoms with Crippen molar-refractivity contribution in [3.63, 3.8) is 0 Å². The maximum Gasteiger partial charge on any atom is 0.157 e. The molecule has 0 bridgehead atoms. The fraction of sp³-hybridized carbons (Fsp3) is 0.538. The van der Waals surface area contributed by atoms with E-state index in [-0.39, 0.29) is 6.10 Å². The van der Waals surface area contributed by atoms with Gasteiger partial charge in [0.05, 0.1) is 18.8 Å². The van der Waals surface area contributed by atoms with Gasteiger partial charge in [-0.05, 0) is 12.5 Å². The fourth-order valence-corrected chi connectivity index (χ4v) is 1.97. The van der Waals surface area contributed by atoms with Crippen molar-refractivity contribution in [3.05, 3.63) is 35.9 Å². The fourth-order valence-electron chi connectivity index (χ4n) is 1.97. The molecule has 17 heavy (non-hydrogen) atoms. The van der Waals surface area contributed by atoms with Crippen LogP contribution in [-0.4, -0.2) is 34.8 Å². The third-order valence-electron chi connectivity index (χ3n) is 2.97. The zero-order valence-corrected chi connectivity index (χ0v) is 9.82. The van der Waals surface area contributed by atoms with Gasteiger partial charge in [0.2, 0.25) is 0 Å². The van der Waals surface area contributed by atoms with Gasteiger partial charge in [0.15, 0.2) is 6.29 Å². The van der Waals surface area contributed by atoms with E-state index in [4.69, 9.17) is 9.47 Å². The Morgan fingerprint density at radius 3 is 2.71 bits per heavy atom. The first-order valence-corrected chi connectivity index (χ1v) is 5.84. The lowest BCUT2D eigenvalue weighted by Gasteiger charge is -2.35. The van der Waals surface area contributed by atoms with E-state index in [1.54, 1.807) is 6.92 Å². The minimum atomic E-state index is -0.853. The Morgan fingerprint density at radius 1 is 1.29 bits per heavy atom. The molecule has 1 saturated heterocycles. The molecule has 2 N–H and O–H groups in total. The molecular weight excluding hydrogens is 220 g/mol. The summed E-state index contributed by atoms with van der Waals surface area (Å²) in [5.41, 5.74) is 1.05. The highest BCUT2D eigenvalue weighted by molar-refractivity contribution is 5.13. The van der Waals surface area contributed by atoms with E-state index in [1.165, 1.54) is 0 Å². The molecule has 0 aliphatic carbocycles. The summed E-state index contributed by atoms with van der Waals surface area (Å²) in [5.74, 6) is 0. The second kappa shape index (κ2) is 5.60. The predicted octanol–water partition coefficient (Wildman–Crippen LogP) is 1.06. The van der Waals surface area contributed by atoms with Crippen LogP contribution < -0.4 is 0 Å². The Hall–Kier alpha value is -0.940. The number of aliphatic hydroxyl groups excluding tert-OH is 2. The first-order chi connectivity index (χ1) is 8.16. The van der Waals surface area contributed by atoms with Gasteiger partial charge < -0.3 is 19.7 Å². The quantitative estimate of drug-likeness (QED) is 0.826. The van der Waals surface area contributed by atoms with E-state index in [1.807, 2.05) is 30.3 Å². The van der Waals surface area contributed by atoms with Crippen LogP contribution in [0.5, 0.6) is 0 Å². The average molecular weight is 238 g/mol. The predicted molar refractivity (Wildman–Crippen MR) is 62.2 cm³/mol. The topological polar surface area (TPSA) is 58.9 Å². The van der Waals surface area contributed by atoms with Crippen molar-refractivity contribution in [2.75, 3.05) is 0 Å². The molecule has 0 amide bonds. The summed E-state index contributed by atoms with van der Waals surface area (Å²) in [6, 6.07) is 9.75. The molecule has 0 unspecified atom stereocenters. The van der Waals surface area contributed by atoms with Gasteiger partial charge in [0.1, 0.15) is 6.10 Å². The van der Waals surface area contributed by atoms with Crippen LogP contribution in [0, 0.1) is 0 Å². The van der Waals surface area contributed by atoms with Crippen molar-refractivity contribution in [2.45, 2.75) is 44.6 Å². The Kier molecular flexibility index (Phi) is 4.12. The van der Waals surface area contributed by atoms with Gasteiger partial charge in [-0.2, -0.15) is 0 Å². The summed E-state index contributed by atoms with van der Waals surface area (Å²) in [7, 11) is 0. The molecular formula is C13H18O4. The maximum atomic E-state index is 9.87. The van der Waals surface area contributed by atoms with E-state index >= 15 is 0 Å². The van der Waals surface area contributed by atoms with Gasteiger partial charge in [-0.15, -0.1) is 0 Å². The van der Waals surface area contributed by atoms with Crippen LogP contribution in [0.4, 0.5) is 0 Å². The number of hydrogen-bond donors (Lipinski definition) is 2. The molecule has 0 saturated carbocycles. The Labute approximate surface area is 101 Å². The summed E-state index contributed by atoms with van der Waals surface area (Å²) in [6.07, 6.45) is -2.03. The second-order valence-corrected chi connectivity index (χ2v) is 4.36. The summed E-state index contributed by atoms with van der Waals surface area (Å²) in [5, 5.41) is 19.3. The first-order valence-electron chi connectivity index (χ1n) is 5.84. The monoisotopic (exact) mass is 238 g/mol. The van der Waals surface area contributed by atoms with Crippen LogP contribution in [0.2, 0.25) is 0 Å². The molecule has 1 aromatic rings. The lowest BCUT2D eigenvalue weighted by atomic mass is 10.0. The Balaban J connectivity index is 1.89. The summed E-state index contributed by atoms with van der Waals surface area (Å²) in [4.78, 5) is 0. The van der Waals surface area contributed by atoms with Crippen LogP contribution in [0.25, 0.3) is 0 Å². The van der Waals surface area contributed by atoms with Crippen molar-refractivity contribution >= 4 is 0 Å². The molecule has 1 aromatic carbocycles. The SMILES string of the molecule is C[C@H]1O[C@H](O)C[C@@H](OCc2ccccc2)[C@H]1O. The number of ether oxygens (including phenoxy) is 2. The second-order valence-electron chi connectivity index (χ2n) is 4.36. The van der Waals surface area contributed by atoms with Crippen LogP contribution in [0.15, 0.2) is 30.3 Å². The zero-order valence-electron chi connectivity index (χ0n) is 9.82. The van der Waals surface area contributed by atoms with Crippen molar-refractivity contribution in [1.82, 2.24) is 0 Å². The smallest absolute Gasteiger partial charge is 0.157 e. The van der Waals surface area contributed by atoms with E-state index in [9.17, 15) is 10.2 Å². The average Bonchev–Trinajstić information content (AvgIpc) is 2.33. The number of hydrogen-bond acceptors (Lipinski definition) is 4. The number of aliphatic hydroxyl groups is 2. The minimum absolute atomic E-state index is 0.304. The molecule has 4 nitrogen and oxygen atoms in total. The van der Waals surface area contributed by atoms with Crippen LogP contribution >= 0.6 is 0 Å². The van der Waals surface area contributed by atoms with Gasteiger partial charge in [-0.25, -0.2) is 0 Å². The van der Waals surface area contributed by atoms with Gasteiger partial charge in [0, 0.05) is 6.42 Å². The summed E-state index contributed by atoms with van der Waals surface area (Å²) >= 11 is 0. The highest BCUT2D eigenvalue weighted by Crippen LogP contribution is 2.22. The zero-order chi connectivity index (χ0) is 12.3. The molecule has 0 radical (unpaired) electrons. The lowest BCUT2D eigenvalue weighted by Crippen LogP contribution is -2.47. The molecule has 1 aliphatic heterocycles. The summed E-state index contributed by atoms with van der Waals surface area (Å²) < 4.78 is 10.7. The highest BCUT2D eigenvalue weighted by atomic mass is 16.6. The molecule has 94 valence electrons. The van der Waals surface area contributed by atoms with Gasteiger partial charge in [0.25, 0.3) is 0 Å². The first kappa shape index (κ1) is 12.5. The highest BCUT2D eigenvalue weighted by Gasteiger charge is 2.35. The molecule has 1 aliphatic rings. The van der Waals surface area contributed by atoms with Crippen LogP contribution in [0.3, 0.4) is 0 Å². The Bertz CT molecular complexity index is 341. The third-order valence-corrected chi connectivity index (χ3v) is 2.97.